The van der Waals surface area contributed by atoms with Gasteiger partial charge in [-0.2, -0.15) is 0 Å². The van der Waals surface area contributed by atoms with Crippen molar-refractivity contribution in [2.24, 2.45) is 0 Å². The molecule has 0 saturated carbocycles. The number of hydrogen-bond donors (Lipinski definition) is 1. The van der Waals surface area contributed by atoms with E-state index in [-0.39, 0.29) is 10.8 Å². The zero-order chi connectivity index (χ0) is 18.8. The molecule has 2 aromatic heterocycles. The molecule has 0 aliphatic carbocycles. The van der Waals surface area contributed by atoms with Crippen molar-refractivity contribution >= 4 is 32.8 Å². The number of ether oxygens (including phenoxy) is 1. The van der Waals surface area contributed by atoms with Gasteiger partial charge in [-0.05, 0) is 35.6 Å². The second-order valence-electron chi connectivity index (χ2n) is 6.42. The second kappa shape index (κ2) is 7.58. The number of aromatic hydroxyl groups is 1. The zero-order valence-corrected chi connectivity index (χ0v) is 16.5. The highest BCUT2D eigenvalue weighted by Crippen LogP contribution is 2.33. The fourth-order valence-corrected chi connectivity index (χ4v) is 4.56. The van der Waals surface area contributed by atoms with Gasteiger partial charge in [-0.1, -0.05) is 47.2 Å². The predicted octanol–water partition coefficient (Wildman–Crippen LogP) is 4.81. The Morgan fingerprint density at radius 3 is 2.63 bits per heavy atom. The van der Waals surface area contributed by atoms with Gasteiger partial charge in [0.1, 0.15) is 5.75 Å². The smallest absolute Gasteiger partial charge is 0.310 e. The highest BCUT2D eigenvalue weighted by molar-refractivity contribution is 7.17. The Morgan fingerprint density at radius 1 is 1.07 bits per heavy atom. The largest absolute Gasteiger partial charge is 0.494 e. The van der Waals surface area contributed by atoms with Crippen LogP contribution in [0.4, 0.5) is 0 Å². The molecule has 2 heterocycles. The Balaban J connectivity index is 1.52. The maximum absolute atomic E-state index is 11.9. The second-order valence-corrected chi connectivity index (χ2v) is 8.15. The van der Waals surface area contributed by atoms with Gasteiger partial charge in [0.05, 0.1) is 18.5 Å². The quantitative estimate of drug-likeness (QED) is 0.508. The first-order valence-corrected chi connectivity index (χ1v) is 10.4. The zero-order valence-electron chi connectivity index (χ0n) is 14.8. The van der Waals surface area contributed by atoms with E-state index in [1.807, 2.05) is 23.6 Å². The van der Waals surface area contributed by atoms with Crippen molar-refractivity contribution in [3.63, 3.8) is 0 Å². The van der Waals surface area contributed by atoms with E-state index in [2.05, 4.69) is 31.2 Å². The highest BCUT2D eigenvalue weighted by atomic mass is 32.1. The first-order chi connectivity index (χ1) is 13.1. The molecule has 4 aromatic rings. The summed E-state index contributed by atoms with van der Waals surface area (Å²) in [4.78, 5) is 11.7. The van der Waals surface area contributed by atoms with Crippen molar-refractivity contribution in [3.8, 4) is 11.6 Å². The van der Waals surface area contributed by atoms with Crippen molar-refractivity contribution in [3.05, 3.63) is 79.6 Å². The average molecular weight is 398 g/mol. The Labute approximate surface area is 164 Å². The van der Waals surface area contributed by atoms with E-state index in [1.54, 1.807) is 11.3 Å². The van der Waals surface area contributed by atoms with Crippen LogP contribution in [0.3, 0.4) is 0 Å². The van der Waals surface area contributed by atoms with E-state index in [9.17, 15) is 9.90 Å². The minimum Gasteiger partial charge on any atom is -0.494 e. The monoisotopic (exact) mass is 397 g/mol. The van der Waals surface area contributed by atoms with Crippen LogP contribution in [0.5, 0.6) is 11.6 Å². The maximum Gasteiger partial charge on any atom is 0.310 e. The molecule has 0 amide bonds. The number of fused-ring (bicyclic) bond motifs is 1. The van der Waals surface area contributed by atoms with Gasteiger partial charge in [-0.3, -0.25) is 9.36 Å². The van der Waals surface area contributed by atoms with Crippen LogP contribution >= 0.6 is 22.7 Å². The number of nitrogens with zero attached hydrogens (tertiary/aromatic N) is 1. The molecule has 1 N–H and O–H groups in total. The lowest BCUT2D eigenvalue weighted by Crippen LogP contribution is -2.13. The van der Waals surface area contributed by atoms with Gasteiger partial charge < -0.3 is 9.84 Å². The molecule has 0 saturated heterocycles. The average Bonchev–Trinajstić information content (AvgIpc) is 3.27. The molecule has 4 nitrogen and oxygen atoms in total. The van der Waals surface area contributed by atoms with Gasteiger partial charge in [-0.15, -0.1) is 11.3 Å². The van der Waals surface area contributed by atoms with Crippen LogP contribution in [0.1, 0.15) is 16.7 Å². The van der Waals surface area contributed by atoms with Gasteiger partial charge >= 0.3 is 4.87 Å². The summed E-state index contributed by atoms with van der Waals surface area (Å²) in [6, 6.07) is 14.5. The molecule has 27 heavy (non-hydrogen) atoms. The fraction of sp³-hybridized carbons (Fsp3) is 0.190. The summed E-state index contributed by atoms with van der Waals surface area (Å²) in [5.41, 5.74) is 3.51. The molecular weight excluding hydrogens is 378 g/mol. The molecule has 6 heteroatoms. The van der Waals surface area contributed by atoms with Crippen LogP contribution in [0.25, 0.3) is 10.1 Å². The third kappa shape index (κ3) is 3.77. The summed E-state index contributed by atoms with van der Waals surface area (Å²) < 4.78 is 8.51. The summed E-state index contributed by atoms with van der Waals surface area (Å²) in [6.07, 6.45) is 0.853. The normalized spacial score (nSPS) is 11.1. The highest BCUT2D eigenvalue weighted by Gasteiger charge is 2.12. The Kier molecular flexibility index (Phi) is 5.01. The summed E-state index contributed by atoms with van der Waals surface area (Å²) in [5.74, 6) is 0.858. The van der Waals surface area contributed by atoms with E-state index in [0.29, 0.717) is 13.2 Å². The van der Waals surface area contributed by atoms with Gasteiger partial charge in [0.15, 0.2) is 0 Å². The standard InChI is InChI=1S/C21H19NO3S2/c1-14-2-4-15(5-3-14)8-10-25-18-7-6-16(20-17(18)9-11-26-20)12-22-19(23)13-27-21(22)24/h2-7,9,11,13,23H,8,10,12H2,1H3. The minimum absolute atomic E-state index is 0.00753. The van der Waals surface area contributed by atoms with Crippen molar-refractivity contribution in [1.82, 2.24) is 4.57 Å². The summed E-state index contributed by atoms with van der Waals surface area (Å²) in [7, 11) is 0. The Bertz CT molecular complexity index is 1120. The van der Waals surface area contributed by atoms with Crippen molar-refractivity contribution in [2.45, 2.75) is 19.9 Å². The van der Waals surface area contributed by atoms with Gasteiger partial charge in [0, 0.05) is 16.5 Å². The van der Waals surface area contributed by atoms with E-state index >= 15 is 0 Å². The molecule has 0 aliphatic rings. The lowest BCUT2D eigenvalue weighted by molar-refractivity contribution is 0.326. The summed E-state index contributed by atoms with van der Waals surface area (Å²) in [5, 5.41) is 14.4. The lowest BCUT2D eigenvalue weighted by Gasteiger charge is -2.11. The van der Waals surface area contributed by atoms with Crippen molar-refractivity contribution < 1.29 is 9.84 Å². The lowest BCUT2D eigenvalue weighted by atomic mass is 10.1. The Morgan fingerprint density at radius 2 is 1.89 bits per heavy atom. The fourth-order valence-electron chi connectivity index (χ4n) is 3.02. The Hall–Kier alpha value is -2.57. The summed E-state index contributed by atoms with van der Waals surface area (Å²) in [6.45, 7) is 3.05. The van der Waals surface area contributed by atoms with Gasteiger partial charge in [0.2, 0.25) is 5.88 Å². The minimum atomic E-state index is -0.157. The topological polar surface area (TPSA) is 51.5 Å². The number of aryl methyl sites for hydroxylation is 1. The molecule has 4 rings (SSSR count). The molecule has 0 radical (unpaired) electrons. The molecule has 0 fully saturated rings. The molecule has 2 aromatic carbocycles. The van der Waals surface area contributed by atoms with Crippen LogP contribution in [0, 0.1) is 6.92 Å². The molecular formula is C21H19NO3S2. The molecule has 0 unspecified atom stereocenters. The predicted molar refractivity (Wildman–Crippen MR) is 112 cm³/mol. The number of thiophene rings is 1. The number of benzene rings is 2. The first kappa shape index (κ1) is 17.8. The number of rotatable bonds is 6. The van der Waals surface area contributed by atoms with Crippen LogP contribution in [-0.2, 0) is 13.0 Å². The number of hydrogen-bond acceptors (Lipinski definition) is 5. The van der Waals surface area contributed by atoms with E-state index in [1.165, 1.54) is 21.1 Å². The third-order valence-electron chi connectivity index (χ3n) is 4.52. The third-order valence-corrected chi connectivity index (χ3v) is 6.26. The molecule has 0 bridgehead atoms. The molecule has 0 atom stereocenters. The van der Waals surface area contributed by atoms with Crippen molar-refractivity contribution in [2.75, 3.05) is 6.61 Å². The van der Waals surface area contributed by atoms with Gasteiger partial charge in [-0.25, -0.2) is 0 Å². The van der Waals surface area contributed by atoms with Crippen molar-refractivity contribution in [1.29, 1.82) is 0 Å². The van der Waals surface area contributed by atoms with Crippen LogP contribution in [-0.4, -0.2) is 16.3 Å². The SMILES string of the molecule is Cc1ccc(CCOc2ccc(Cn3c(O)csc3=O)c3sccc23)cc1. The molecule has 0 aliphatic heterocycles. The first-order valence-electron chi connectivity index (χ1n) is 8.66. The van der Waals surface area contributed by atoms with E-state index < -0.39 is 0 Å². The summed E-state index contributed by atoms with van der Waals surface area (Å²) >= 11 is 2.63. The van der Waals surface area contributed by atoms with E-state index in [0.717, 1.165) is 39.2 Å². The van der Waals surface area contributed by atoms with Crippen LogP contribution in [0.15, 0.2) is 58.0 Å². The maximum atomic E-state index is 11.9. The van der Waals surface area contributed by atoms with E-state index in [4.69, 9.17) is 4.74 Å². The van der Waals surface area contributed by atoms with Crippen LogP contribution in [0.2, 0.25) is 0 Å². The van der Waals surface area contributed by atoms with Gasteiger partial charge in [0.25, 0.3) is 0 Å². The number of aromatic nitrogens is 1. The molecule has 0 spiro atoms. The molecule has 138 valence electrons. The van der Waals surface area contributed by atoms with Crippen LogP contribution < -0.4 is 9.61 Å². The number of thiazole rings is 1.